The Balaban J connectivity index is 1.25. The van der Waals surface area contributed by atoms with Gasteiger partial charge in [0.2, 0.25) is 5.91 Å². The number of benzene rings is 2. The molecule has 0 bridgehead atoms. The fraction of sp³-hybridized carbons (Fsp3) is 0.556. The summed E-state index contributed by atoms with van der Waals surface area (Å²) < 4.78 is 13.1. The first kappa shape index (κ1) is 29.7. The van der Waals surface area contributed by atoms with Gasteiger partial charge in [0.05, 0.1) is 19.3 Å². The molecule has 1 saturated heterocycles. The number of nitrogens with one attached hydrogen (secondary N) is 1. The number of hydrogen-bond donors (Lipinski definition) is 2. The van der Waals surface area contributed by atoms with Crippen LogP contribution in [-0.4, -0.2) is 41.1 Å². The average Bonchev–Trinajstić information content (AvgIpc) is 3.53. The largest absolute Gasteiger partial charge is 0.507 e. The fourth-order valence-electron chi connectivity index (χ4n) is 7.65. The van der Waals surface area contributed by atoms with Gasteiger partial charge in [-0.1, -0.05) is 31.4 Å². The molecule has 3 fully saturated rings. The number of phenols is 1. The third-order valence-electron chi connectivity index (χ3n) is 10.2. The highest BCUT2D eigenvalue weighted by Crippen LogP contribution is 2.43. The van der Waals surface area contributed by atoms with Gasteiger partial charge in [0.15, 0.2) is 0 Å². The van der Waals surface area contributed by atoms with E-state index in [0.29, 0.717) is 17.9 Å². The highest BCUT2D eigenvalue weighted by atomic mass is 16.5. The van der Waals surface area contributed by atoms with Crippen LogP contribution in [0.25, 0.3) is 11.1 Å². The monoisotopic (exact) mass is 585 g/mol. The zero-order chi connectivity index (χ0) is 29.8. The lowest BCUT2D eigenvalue weighted by atomic mass is 9.75. The van der Waals surface area contributed by atoms with Crippen LogP contribution in [0.3, 0.4) is 0 Å². The van der Waals surface area contributed by atoms with Crippen molar-refractivity contribution in [2.45, 2.75) is 95.9 Å². The summed E-state index contributed by atoms with van der Waals surface area (Å²) >= 11 is 0. The second kappa shape index (κ2) is 13.5. The van der Waals surface area contributed by atoms with Gasteiger partial charge in [-0.15, -0.1) is 0 Å². The molecule has 6 rings (SSSR count). The van der Waals surface area contributed by atoms with Crippen molar-refractivity contribution in [2.75, 3.05) is 25.6 Å². The van der Waals surface area contributed by atoms with Crippen molar-refractivity contribution in [3.8, 4) is 22.6 Å². The van der Waals surface area contributed by atoms with E-state index in [9.17, 15) is 9.90 Å². The minimum absolute atomic E-state index is 0.0681. The van der Waals surface area contributed by atoms with E-state index < -0.39 is 0 Å². The molecule has 2 N–H and O–H groups in total. The molecule has 7 nitrogen and oxygen atoms in total. The molecule has 3 aliphatic rings. The average molecular weight is 586 g/mol. The third kappa shape index (κ3) is 6.77. The van der Waals surface area contributed by atoms with Crippen LogP contribution < -0.4 is 10.1 Å². The summed E-state index contributed by atoms with van der Waals surface area (Å²) in [7, 11) is 1.73. The number of ether oxygens (including phenoxy) is 2. The zero-order valence-corrected chi connectivity index (χ0v) is 25.8. The van der Waals surface area contributed by atoms with Gasteiger partial charge in [-0.2, -0.15) is 5.10 Å². The molecule has 0 radical (unpaired) electrons. The zero-order valence-electron chi connectivity index (χ0n) is 25.8. The normalized spacial score (nSPS) is 21.9. The Kier molecular flexibility index (Phi) is 9.37. The molecule has 1 aromatic heterocycles. The number of aromatic nitrogens is 2. The van der Waals surface area contributed by atoms with Crippen LogP contribution >= 0.6 is 0 Å². The Hall–Kier alpha value is -3.32. The molecule has 7 heteroatoms. The van der Waals surface area contributed by atoms with Crippen LogP contribution in [0.2, 0.25) is 0 Å². The number of hydrogen-bond acceptors (Lipinski definition) is 5. The Morgan fingerprint density at radius 3 is 2.51 bits per heavy atom. The van der Waals surface area contributed by atoms with E-state index in [4.69, 9.17) is 14.6 Å². The Morgan fingerprint density at radius 1 is 1.02 bits per heavy atom. The van der Waals surface area contributed by atoms with E-state index in [2.05, 4.69) is 36.6 Å². The minimum Gasteiger partial charge on any atom is -0.507 e. The van der Waals surface area contributed by atoms with Crippen LogP contribution in [0.4, 0.5) is 5.69 Å². The summed E-state index contributed by atoms with van der Waals surface area (Å²) in [5, 5.41) is 19.3. The number of carbonyl (C=O) groups is 1. The molecule has 1 aliphatic heterocycles. The van der Waals surface area contributed by atoms with Gasteiger partial charge in [0.25, 0.3) is 0 Å². The maximum atomic E-state index is 13.4. The lowest BCUT2D eigenvalue weighted by Gasteiger charge is -2.30. The molecular weight excluding hydrogens is 538 g/mol. The Bertz CT molecular complexity index is 1400. The molecule has 0 atom stereocenters. The van der Waals surface area contributed by atoms with E-state index in [1.54, 1.807) is 13.2 Å². The number of amides is 1. The van der Waals surface area contributed by atoms with E-state index in [-0.39, 0.29) is 17.6 Å². The van der Waals surface area contributed by atoms with Gasteiger partial charge in [-0.3, -0.25) is 9.48 Å². The van der Waals surface area contributed by atoms with Crippen molar-refractivity contribution >= 4 is 11.6 Å². The number of anilines is 1. The van der Waals surface area contributed by atoms with Crippen LogP contribution in [0.1, 0.15) is 99.3 Å². The van der Waals surface area contributed by atoms with Crippen molar-refractivity contribution in [1.29, 1.82) is 0 Å². The van der Waals surface area contributed by atoms with Crippen LogP contribution in [0.15, 0.2) is 42.7 Å². The number of phenolic OH excluding ortho intramolecular Hbond substituents is 1. The second-order valence-electron chi connectivity index (χ2n) is 13.0. The molecule has 43 heavy (non-hydrogen) atoms. The highest BCUT2D eigenvalue weighted by Gasteiger charge is 2.28. The van der Waals surface area contributed by atoms with Crippen LogP contribution in [0, 0.1) is 18.8 Å². The summed E-state index contributed by atoms with van der Waals surface area (Å²) in [6, 6.07) is 10.6. The summed E-state index contributed by atoms with van der Waals surface area (Å²) in [5.41, 5.74) is 6.19. The number of aryl methyl sites for hydroxylation is 1. The fourth-order valence-corrected chi connectivity index (χ4v) is 7.65. The Labute approximate surface area is 256 Å². The molecule has 1 amide bonds. The van der Waals surface area contributed by atoms with Crippen molar-refractivity contribution in [2.24, 2.45) is 11.8 Å². The molecule has 0 unspecified atom stereocenters. The van der Waals surface area contributed by atoms with Crippen molar-refractivity contribution in [3.63, 3.8) is 0 Å². The van der Waals surface area contributed by atoms with Crippen LogP contribution in [-0.2, 0) is 16.0 Å². The Morgan fingerprint density at radius 2 is 1.79 bits per heavy atom. The van der Waals surface area contributed by atoms with Crippen LogP contribution in [0.5, 0.6) is 11.5 Å². The smallest absolute Gasteiger partial charge is 0.227 e. The standard InChI is InChI=1S/C36H47N3O4/c1-24-20-28(12-15-34(24)42-2)26-10-8-25(9-11-26)21-31-32(38-36(41)27-6-4-3-5-7-27)13-14-33(40)35(31)29-22-37-39(23-29)30-16-18-43-19-17-30/h12-15,20,22-23,25-27,30,40H,3-11,16-19,21H2,1-2H3,(H,38,41). The SMILES string of the molecule is COc1ccc(C2CCC(Cc3c(NC(=O)C4CCCCC4)ccc(O)c3-c3cnn(C4CCOCC4)c3)CC2)cc1C. The maximum Gasteiger partial charge on any atom is 0.227 e. The number of aromatic hydroxyl groups is 1. The van der Waals surface area contributed by atoms with Gasteiger partial charge >= 0.3 is 0 Å². The lowest BCUT2D eigenvalue weighted by molar-refractivity contribution is -0.120. The molecule has 2 heterocycles. The van der Waals surface area contributed by atoms with Gasteiger partial charge in [-0.25, -0.2) is 0 Å². The lowest BCUT2D eigenvalue weighted by Crippen LogP contribution is -2.25. The van der Waals surface area contributed by atoms with Crippen molar-refractivity contribution in [1.82, 2.24) is 9.78 Å². The number of carbonyl (C=O) groups excluding carboxylic acids is 1. The predicted octanol–water partition coefficient (Wildman–Crippen LogP) is 7.96. The first-order valence-electron chi connectivity index (χ1n) is 16.4. The first-order chi connectivity index (χ1) is 21.0. The molecular formula is C36H47N3O4. The summed E-state index contributed by atoms with van der Waals surface area (Å²) in [6.07, 6.45) is 16.5. The number of nitrogens with zero attached hydrogens (tertiary/aromatic N) is 2. The molecule has 2 aromatic carbocycles. The van der Waals surface area contributed by atoms with Crippen molar-refractivity contribution < 1.29 is 19.4 Å². The van der Waals surface area contributed by atoms with E-state index >= 15 is 0 Å². The molecule has 2 aliphatic carbocycles. The molecule has 0 spiro atoms. The minimum atomic E-state index is 0.0681. The first-order valence-corrected chi connectivity index (χ1v) is 16.4. The molecule has 230 valence electrons. The summed E-state index contributed by atoms with van der Waals surface area (Å²) in [4.78, 5) is 13.4. The third-order valence-corrected chi connectivity index (χ3v) is 10.2. The maximum absolute atomic E-state index is 13.4. The quantitative estimate of drug-likeness (QED) is 0.262. The van der Waals surface area contributed by atoms with Crippen molar-refractivity contribution in [3.05, 3.63) is 59.4 Å². The number of methoxy groups -OCH3 is 1. The van der Waals surface area contributed by atoms with Gasteiger partial charge in [0, 0.05) is 42.1 Å². The predicted molar refractivity (Wildman–Crippen MR) is 170 cm³/mol. The van der Waals surface area contributed by atoms with Gasteiger partial charge in [-0.05, 0) is 111 Å². The number of rotatable bonds is 8. The molecule has 2 saturated carbocycles. The topological polar surface area (TPSA) is 85.6 Å². The molecule has 3 aromatic rings. The second-order valence-corrected chi connectivity index (χ2v) is 13.0. The van der Waals surface area contributed by atoms with E-state index in [1.165, 1.54) is 17.5 Å². The van der Waals surface area contributed by atoms with Gasteiger partial charge < -0.3 is 19.9 Å². The van der Waals surface area contributed by atoms with Gasteiger partial charge in [0.1, 0.15) is 11.5 Å². The highest BCUT2D eigenvalue weighted by molar-refractivity contribution is 5.95. The van der Waals surface area contributed by atoms with E-state index in [1.807, 2.05) is 16.9 Å². The van der Waals surface area contributed by atoms with E-state index in [0.717, 1.165) is 112 Å². The summed E-state index contributed by atoms with van der Waals surface area (Å²) in [6.45, 7) is 3.61. The summed E-state index contributed by atoms with van der Waals surface area (Å²) in [5.74, 6) is 2.41.